The predicted molar refractivity (Wildman–Crippen MR) is 69.5 cm³/mol. The van der Waals surface area contributed by atoms with Gasteiger partial charge in [-0.1, -0.05) is 0 Å². The third-order valence-corrected chi connectivity index (χ3v) is 2.82. The summed E-state index contributed by atoms with van der Waals surface area (Å²) in [6.45, 7) is 3.20. The van der Waals surface area contributed by atoms with Crippen molar-refractivity contribution in [1.82, 2.24) is 0 Å². The van der Waals surface area contributed by atoms with Gasteiger partial charge in [0.2, 0.25) is 0 Å². The van der Waals surface area contributed by atoms with Gasteiger partial charge >= 0.3 is 5.97 Å². The van der Waals surface area contributed by atoms with Crippen molar-refractivity contribution in [3.63, 3.8) is 0 Å². The van der Waals surface area contributed by atoms with E-state index in [2.05, 4.69) is 5.32 Å². The number of hydrogen-bond acceptors (Lipinski definition) is 3. The lowest BCUT2D eigenvalue weighted by molar-refractivity contribution is 0.0697. The summed E-state index contributed by atoms with van der Waals surface area (Å²) in [5.41, 5.74) is -0.682. The van der Waals surface area contributed by atoms with Gasteiger partial charge in [-0.2, -0.15) is 0 Å². The van der Waals surface area contributed by atoms with Crippen LogP contribution in [0.15, 0.2) is 22.6 Å². The highest BCUT2D eigenvalue weighted by Crippen LogP contribution is 2.22. The predicted octanol–water partition coefficient (Wildman–Crippen LogP) is 3.13. The summed E-state index contributed by atoms with van der Waals surface area (Å²) >= 11 is 0. The smallest absolute Gasteiger partial charge is 0.337 e. The molecule has 0 unspecified atom stereocenters. The van der Waals surface area contributed by atoms with Crippen molar-refractivity contribution in [3.8, 4) is 0 Å². The topological polar surface area (TPSA) is 79.5 Å². The molecular weight excluding hydrogens is 284 g/mol. The molecular formula is C14H11F2NO4. The van der Waals surface area contributed by atoms with E-state index in [1.54, 1.807) is 13.8 Å². The first-order valence-corrected chi connectivity index (χ1v) is 5.90. The van der Waals surface area contributed by atoms with Crippen LogP contribution in [0.25, 0.3) is 0 Å². The number of carboxylic acids is 1. The highest BCUT2D eigenvalue weighted by Gasteiger charge is 2.19. The lowest BCUT2D eigenvalue weighted by Gasteiger charge is -2.08. The summed E-state index contributed by atoms with van der Waals surface area (Å²) in [7, 11) is 0. The quantitative estimate of drug-likeness (QED) is 0.911. The van der Waals surface area contributed by atoms with Crippen molar-refractivity contribution < 1.29 is 27.9 Å². The van der Waals surface area contributed by atoms with Crippen LogP contribution in [-0.2, 0) is 0 Å². The van der Waals surface area contributed by atoms with Gasteiger partial charge in [-0.15, -0.1) is 0 Å². The van der Waals surface area contributed by atoms with Crippen LogP contribution in [0.4, 0.5) is 14.5 Å². The lowest BCUT2D eigenvalue weighted by Crippen LogP contribution is -2.15. The Labute approximate surface area is 118 Å². The van der Waals surface area contributed by atoms with Crippen LogP contribution in [-0.4, -0.2) is 17.0 Å². The number of aryl methyl sites for hydroxylation is 2. The summed E-state index contributed by atoms with van der Waals surface area (Å²) in [4.78, 5) is 23.1. The van der Waals surface area contributed by atoms with Gasteiger partial charge in [0.1, 0.15) is 11.5 Å². The fraction of sp³-hybridized carbons (Fsp3) is 0.143. The molecule has 0 aliphatic carbocycles. The second-order valence-corrected chi connectivity index (χ2v) is 4.40. The molecule has 0 fully saturated rings. The number of carboxylic acid groups (broad SMARTS) is 1. The molecule has 21 heavy (non-hydrogen) atoms. The number of amides is 1. The van der Waals surface area contributed by atoms with Crippen LogP contribution < -0.4 is 5.32 Å². The number of benzene rings is 1. The SMILES string of the molecule is Cc1cc(C(=O)Nc2cc(F)c(F)cc2C(=O)O)c(C)o1. The highest BCUT2D eigenvalue weighted by atomic mass is 19.2. The van der Waals surface area contributed by atoms with Crippen molar-refractivity contribution in [3.05, 3.63) is 52.5 Å². The Morgan fingerprint density at radius 2 is 1.71 bits per heavy atom. The van der Waals surface area contributed by atoms with Crippen molar-refractivity contribution >= 4 is 17.6 Å². The Bertz CT molecular complexity index is 737. The van der Waals surface area contributed by atoms with Gasteiger partial charge < -0.3 is 14.8 Å². The number of halogens is 2. The third-order valence-electron chi connectivity index (χ3n) is 2.82. The molecule has 5 nitrogen and oxygen atoms in total. The molecule has 0 spiro atoms. The van der Waals surface area contributed by atoms with Crippen molar-refractivity contribution in [2.24, 2.45) is 0 Å². The fourth-order valence-electron chi connectivity index (χ4n) is 1.87. The maximum Gasteiger partial charge on any atom is 0.337 e. The van der Waals surface area contributed by atoms with E-state index in [0.717, 1.165) is 0 Å². The van der Waals surface area contributed by atoms with E-state index in [9.17, 15) is 18.4 Å². The maximum absolute atomic E-state index is 13.2. The molecule has 0 radical (unpaired) electrons. The van der Waals surface area contributed by atoms with E-state index in [4.69, 9.17) is 9.52 Å². The van der Waals surface area contributed by atoms with E-state index in [-0.39, 0.29) is 11.3 Å². The van der Waals surface area contributed by atoms with Crippen molar-refractivity contribution in [1.29, 1.82) is 0 Å². The normalized spacial score (nSPS) is 10.5. The molecule has 7 heteroatoms. The number of aromatic carboxylic acids is 1. The number of furan rings is 1. The number of hydrogen-bond donors (Lipinski definition) is 2. The van der Waals surface area contributed by atoms with Gasteiger partial charge in [-0.25, -0.2) is 13.6 Å². The Morgan fingerprint density at radius 1 is 1.10 bits per heavy atom. The first-order chi connectivity index (χ1) is 9.79. The van der Waals surface area contributed by atoms with Crippen LogP contribution in [0, 0.1) is 25.5 Å². The Morgan fingerprint density at radius 3 is 2.24 bits per heavy atom. The lowest BCUT2D eigenvalue weighted by atomic mass is 10.1. The van der Waals surface area contributed by atoms with Crippen molar-refractivity contribution in [2.45, 2.75) is 13.8 Å². The average molecular weight is 295 g/mol. The molecule has 0 saturated heterocycles. The monoisotopic (exact) mass is 295 g/mol. The first-order valence-electron chi connectivity index (χ1n) is 5.90. The molecule has 2 N–H and O–H groups in total. The molecule has 2 rings (SSSR count). The maximum atomic E-state index is 13.2. The van der Waals surface area contributed by atoms with Crippen LogP contribution in [0.1, 0.15) is 32.2 Å². The molecule has 1 amide bonds. The second-order valence-electron chi connectivity index (χ2n) is 4.40. The van der Waals surface area contributed by atoms with E-state index < -0.39 is 29.1 Å². The zero-order chi connectivity index (χ0) is 15.7. The zero-order valence-corrected chi connectivity index (χ0v) is 11.2. The van der Waals surface area contributed by atoms with Gasteiger partial charge in [-0.05, 0) is 26.0 Å². The molecule has 1 heterocycles. The van der Waals surface area contributed by atoms with Gasteiger partial charge in [0, 0.05) is 6.07 Å². The van der Waals surface area contributed by atoms with Gasteiger partial charge in [-0.3, -0.25) is 4.79 Å². The highest BCUT2D eigenvalue weighted by molar-refractivity contribution is 6.08. The van der Waals surface area contributed by atoms with Crippen LogP contribution >= 0.6 is 0 Å². The van der Waals surface area contributed by atoms with E-state index in [0.29, 0.717) is 23.7 Å². The van der Waals surface area contributed by atoms with Gasteiger partial charge in [0.05, 0.1) is 16.8 Å². The second kappa shape index (κ2) is 5.35. The molecule has 110 valence electrons. The van der Waals surface area contributed by atoms with E-state index in [1.807, 2.05) is 0 Å². The standard InChI is InChI=1S/C14H11F2NO4/c1-6-3-8(7(2)21-6)13(18)17-12-5-11(16)10(15)4-9(12)14(19)20/h3-5H,1-2H3,(H,17,18)(H,19,20). The number of anilines is 1. The van der Waals surface area contributed by atoms with E-state index >= 15 is 0 Å². The van der Waals surface area contributed by atoms with Gasteiger partial charge in [0.25, 0.3) is 5.91 Å². The number of carbonyl (C=O) groups is 2. The molecule has 0 aliphatic heterocycles. The Hall–Kier alpha value is -2.70. The number of nitrogens with one attached hydrogen (secondary N) is 1. The minimum absolute atomic E-state index is 0.188. The molecule has 1 aromatic heterocycles. The Kier molecular flexibility index (Phi) is 3.75. The summed E-state index contributed by atoms with van der Waals surface area (Å²) in [5, 5.41) is 11.2. The number of rotatable bonds is 3. The third kappa shape index (κ3) is 2.91. The molecule has 0 saturated carbocycles. The molecule has 0 aliphatic rings. The molecule has 1 aromatic carbocycles. The fourth-order valence-corrected chi connectivity index (χ4v) is 1.87. The average Bonchev–Trinajstić information content (AvgIpc) is 2.72. The summed E-state index contributed by atoms with van der Waals surface area (Å²) in [5.74, 6) is -3.87. The van der Waals surface area contributed by atoms with E-state index in [1.165, 1.54) is 6.07 Å². The zero-order valence-electron chi connectivity index (χ0n) is 11.2. The molecule has 0 atom stereocenters. The van der Waals surface area contributed by atoms with Crippen LogP contribution in [0.5, 0.6) is 0 Å². The number of carbonyl (C=O) groups excluding carboxylic acids is 1. The first kappa shape index (κ1) is 14.7. The largest absolute Gasteiger partial charge is 0.478 e. The summed E-state index contributed by atoms with van der Waals surface area (Å²) in [6, 6.07) is 2.60. The summed E-state index contributed by atoms with van der Waals surface area (Å²) in [6.07, 6.45) is 0. The minimum Gasteiger partial charge on any atom is -0.478 e. The minimum atomic E-state index is -1.48. The molecule has 0 bridgehead atoms. The van der Waals surface area contributed by atoms with Crippen LogP contribution in [0.2, 0.25) is 0 Å². The van der Waals surface area contributed by atoms with Crippen molar-refractivity contribution in [2.75, 3.05) is 5.32 Å². The Balaban J connectivity index is 2.39. The summed E-state index contributed by atoms with van der Waals surface area (Å²) < 4.78 is 31.5. The van der Waals surface area contributed by atoms with Crippen LogP contribution in [0.3, 0.4) is 0 Å². The van der Waals surface area contributed by atoms with Gasteiger partial charge in [0.15, 0.2) is 11.6 Å². The molecule has 2 aromatic rings.